The minimum atomic E-state index is -0.0722. The topological polar surface area (TPSA) is 90.8 Å². The maximum atomic E-state index is 12.9. The number of hydrogen-bond donors (Lipinski definition) is 1. The summed E-state index contributed by atoms with van der Waals surface area (Å²) >= 11 is 0. The van der Waals surface area contributed by atoms with Crippen LogP contribution in [0.4, 0.5) is 0 Å². The smallest absolute Gasteiger partial charge is 0.274 e. The molecule has 1 N–H and O–H groups in total. The van der Waals surface area contributed by atoms with Crippen molar-refractivity contribution in [2.75, 3.05) is 39.3 Å². The van der Waals surface area contributed by atoms with E-state index in [2.05, 4.69) is 22.2 Å². The first-order valence-corrected chi connectivity index (χ1v) is 12.6. The van der Waals surface area contributed by atoms with Gasteiger partial charge in [-0.3, -0.25) is 24.0 Å². The molecule has 1 atom stereocenters. The van der Waals surface area contributed by atoms with Crippen molar-refractivity contribution in [2.24, 2.45) is 7.05 Å². The lowest BCUT2D eigenvalue weighted by molar-refractivity contribution is -0.134. The van der Waals surface area contributed by atoms with Crippen molar-refractivity contribution < 1.29 is 14.4 Å². The molecule has 4 rings (SSSR count). The predicted octanol–water partition coefficient (Wildman–Crippen LogP) is 1.31. The molecular weight excluding hydrogens is 420 g/mol. The lowest BCUT2D eigenvalue weighted by atomic mass is 10.0. The molecule has 1 aromatic heterocycles. The Morgan fingerprint density at radius 1 is 1.00 bits per heavy atom. The second kappa shape index (κ2) is 10.7. The van der Waals surface area contributed by atoms with Gasteiger partial charge < -0.3 is 15.1 Å². The summed E-state index contributed by atoms with van der Waals surface area (Å²) in [5.74, 6) is -0.137. The molecule has 3 aliphatic heterocycles. The van der Waals surface area contributed by atoms with E-state index in [1.54, 1.807) is 9.58 Å². The first kappa shape index (κ1) is 23.7. The van der Waals surface area contributed by atoms with Crippen LogP contribution in [0, 0.1) is 0 Å². The van der Waals surface area contributed by atoms with Crippen molar-refractivity contribution in [3.8, 4) is 0 Å². The number of aryl methyl sites for hydroxylation is 1. The number of amides is 3. The number of carbonyl (C=O) groups is 3. The first-order chi connectivity index (χ1) is 15.9. The average molecular weight is 459 g/mol. The number of fused-ring (bicyclic) bond motifs is 1. The number of aromatic nitrogens is 2. The second-order valence-electron chi connectivity index (χ2n) is 9.69. The van der Waals surface area contributed by atoms with Crippen molar-refractivity contribution in [3.05, 3.63) is 17.0 Å². The zero-order valence-corrected chi connectivity index (χ0v) is 20.1. The van der Waals surface area contributed by atoms with Gasteiger partial charge >= 0.3 is 0 Å². The Kier molecular flexibility index (Phi) is 7.67. The number of hydrogen-bond acceptors (Lipinski definition) is 5. The van der Waals surface area contributed by atoms with E-state index >= 15 is 0 Å². The average Bonchev–Trinajstić information content (AvgIpc) is 3.47. The van der Waals surface area contributed by atoms with Gasteiger partial charge in [-0.25, -0.2) is 0 Å². The number of nitrogens with one attached hydrogen (secondary N) is 1. The molecular formula is C24H38N6O3. The van der Waals surface area contributed by atoms with Crippen LogP contribution >= 0.6 is 0 Å². The molecule has 0 spiro atoms. The number of rotatable bonds is 7. The quantitative estimate of drug-likeness (QED) is 0.665. The highest BCUT2D eigenvalue weighted by Crippen LogP contribution is 2.25. The third kappa shape index (κ3) is 5.57. The third-order valence-corrected chi connectivity index (χ3v) is 7.42. The van der Waals surface area contributed by atoms with E-state index in [0.29, 0.717) is 37.8 Å². The fourth-order valence-electron chi connectivity index (χ4n) is 5.34. The van der Waals surface area contributed by atoms with Gasteiger partial charge in [0.1, 0.15) is 0 Å². The number of nitrogens with zero attached hydrogens (tertiary/aromatic N) is 5. The lowest BCUT2D eigenvalue weighted by Gasteiger charge is -2.33. The SMILES string of the molecule is C[C@H]1CCCCN1CCNC(=O)CCC(=O)N1CCc2c(c(C(=O)N3CCCC3)nn2C)C1. The summed E-state index contributed by atoms with van der Waals surface area (Å²) in [5, 5.41) is 7.47. The van der Waals surface area contributed by atoms with Crippen LogP contribution in [0.5, 0.6) is 0 Å². The van der Waals surface area contributed by atoms with Crippen molar-refractivity contribution in [3.63, 3.8) is 0 Å². The van der Waals surface area contributed by atoms with Crippen LogP contribution in [0.25, 0.3) is 0 Å². The Balaban J connectivity index is 1.25. The molecule has 0 bridgehead atoms. The molecule has 9 heteroatoms. The number of likely N-dealkylation sites (tertiary alicyclic amines) is 2. The molecule has 0 aliphatic carbocycles. The molecule has 33 heavy (non-hydrogen) atoms. The van der Waals surface area contributed by atoms with Crippen LogP contribution in [-0.2, 0) is 29.6 Å². The van der Waals surface area contributed by atoms with Crippen LogP contribution in [0.15, 0.2) is 0 Å². The Morgan fingerprint density at radius 2 is 1.76 bits per heavy atom. The highest BCUT2D eigenvalue weighted by atomic mass is 16.2. The highest BCUT2D eigenvalue weighted by molar-refractivity contribution is 5.94. The normalized spacial score (nSPS) is 21.2. The zero-order valence-electron chi connectivity index (χ0n) is 20.1. The standard InChI is InChI=1S/C24H38N6O3/c1-18-7-3-4-12-28(18)16-11-25-21(31)8-9-22(32)30-15-10-20-19(17-30)23(26-27(20)2)24(33)29-13-5-6-14-29/h18H,3-17H2,1-2H3,(H,25,31)/t18-/m0/s1. The van der Waals surface area contributed by atoms with Gasteiger partial charge in [-0.05, 0) is 39.2 Å². The van der Waals surface area contributed by atoms with Crippen LogP contribution < -0.4 is 5.32 Å². The second-order valence-corrected chi connectivity index (χ2v) is 9.69. The maximum absolute atomic E-state index is 12.9. The van der Waals surface area contributed by atoms with Crippen LogP contribution in [-0.4, -0.2) is 87.5 Å². The number of carbonyl (C=O) groups excluding carboxylic acids is 3. The van der Waals surface area contributed by atoms with E-state index in [-0.39, 0.29) is 30.6 Å². The fraction of sp³-hybridized carbons (Fsp3) is 0.750. The summed E-state index contributed by atoms with van der Waals surface area (Å²) in [6, 6.07) is 0.580. The van der Waals surface area contributed by atoms with Crippen LogP contribution in [0.3, 0.4) is 0 Å². The Bertz CT molecular complexity index is 876. The molecule has 0 aromatic carbocycles. The summed E-state index contributed by atoms with van der Waals surface area (Å²) < 4.78 is 1.79. The molecule has 0 radical (unpaired) electrons. The summed E-state index contributed by atoms with van der Waals surface area (Å²) in [6.45, 7) is 7.38. The highest BCUT2D eigenvalue weighted by Gasteiger charge is 2.32. The predicted molar refractivity (Wildman–Crippen MR) is 125 cm³/mol. The molecule has 3 amide bonds. The monoisotopic (exact) mass is 458 g/mol. The van der Waals surface area contributed by atoms with Crippen molar-refractivity contribution in [1.82, 2.24) is 29.8 Å². The van der Waals surface area contributed by atoms with Gasteiger partial charge in [0, 0.05) is 82.9 Å². The molecule has 1 aromatic rings. The van der Waals surface area contributed by atoms with Gasteiger partial charge in [0.15, 0.2) is 5.69 Å². The molecule has 2 saturated heterocycles. The summed E-state index contributed by atoms with van der Waals surface area (Å²) in [6.07, 6.45) is 6.88. The molecule has 3 aliphatic rings. The van der Waals surface area contributed by atoms with Gasteiger partial charge in [-0.2, -0.15) is 5.10 Å². The van der Waals surface area contributed by atoms with Gasteiger partial charge in [-0.1, -0.05) is 6.42 Å². The lowest BCUT2D eigenvalue weighted by Crippen LogP contribution is -2.42. The first-order valence-electron chi connectivity index (χ1n) is 12.6. The van der Waals surface area contributed by atoms with E-state index in [4.69, 9.17) is 0 Å². The molecule has 2 fully saturated rings. The third-order valence-electron chi connectivity index (χ3n) is 7.42. The Hall–Kier alpha value is -2.42. The Morgan fingerprint density at radius 3 is 2.52 bits per heavy atom. The van der Waals surface area contributed by atoms with Gasteiger partial charge in [-0.15, -0.1) is 0 Å². The molecule has 182 valence electrons. The summed E-state index contributed by atoms with van der Waals surface area (Å²) in [4.78, 5) is 44.1. The summed E-state index contributed by atoms with van der Waals surface area (Å²) in [7, 11) is 1.87. The van der Waals surface area contributed by atoms with Gasteiger partial charge in [0.05, 0.1) is 0 Å². The minimum absolute atomic E-state index is 0.0268. The van der Waals surface area contributed by atoms with Crippen molar-refractivity contribution >= 4 is 17.7 Å². The zero-order chi connectivity index (χ0) is 23.4. The van der Waals surface area contributed by atoms with Crippen LogP contribution in [0.1, 0.15) is 73.6 Å². The van der Waals surface area contributed by atoms with Gasteiger partial charge in [0.2, 0.25) is 11.8 Å². The minimum Gasteiger partial charge on any atom is -0.355 e. The fourth-order valence-corrected chi connectivity index (χ4v) is 5.34. The van der Waals surface area contributed by atoms with Crippen molar-refractivity contribution in [1.29, 1.82) is 0 Å². The number of piperidine rings is 1. The molecule has 9 nitrogen and oxygen atoms in total. The maximum Gasteiger partial charge on any atom is 0.274 e. The Labute approximate surface area is 196 Å². The van der Waals surface area contributed by atoms with E-state index in [9.17, 15) is 14.4 Å². The van der Waals surface area contributed by atoms with E-state index < -0.39 is 0 Å². The molecule has 4 heterocycles. The van der Waals surface area contributed by atoms with E-state index in [1.165, 1.54) is 19.3 Å². The molecule has 0 saturated carbocycles. The van der Waals surface area contributed by atoms with E-state index in [0.717, 1.165) is 50.3 Å². The summed E-state index contributed by atoms with van der Waals surface area (Å²) in [5.41, 5.74) is 2.39. The largest absolute Gasteiger partial charge is 0.355 e. The van der Waals surface area contributed by atoms with Crippen LogP contribution in [0.2, 0.25) is 0 Å². The molecule has 0 unspecified atom stereocenters. The van der Waals surface area contributed by atoms with Gasteiger partial charge in [0.25, 0.3) is 5.91 Å². The van der Waals surface area contributed by atoms with Crippen molar-refractivity contribution in [2.45, 2.75) is 70.9 Å². The van der Waals surface area contributed by atoms with E-state index in [1.807, 2.05) is 11.9 Å².